The van der Waals surface area contributed by atoms with Crippen LogP contribution in [0.3, 0.4) is 0 Å². The lowest BCUT2D eigenvalue weighted by molar-refractivity contribution is 0.411. The van der Waals surface area contributed by atoms with Gasteiger partial charge in [-0.3, -0.25) is 4.98 Å². The van der Waals surface area contributed by atoms with Crippen LogP contribution in [0.2, 0.25) is 0 Å². The molecular formula is C18H21N5O. The van der Waals surface area contributed by atoms with Gasteiger partial charge in [-0.25, -0.2) is 9.67 Å². The van der Waals surface area contributed by atoms with Crippen LogP contribution in [0.25, 0.3) is 5.82 Å². The zero-order valence-corrected chi connectivity index (χ0v) is 14.4. The Balaban J connectivity index is 1.75. The average molecular weight is 323 g/mol. The molecule has 0 aliphatic heterocycles. The smallest absolute Gasteiger partial charge is 0.174 e. The van der Waals surface area contributed by atoms with E-state index in [2.05, 4.69) is 26.4 Å². The highest BCUT2D eigenvalue weighted by molar-refractivity contribution is 5.40. The fraction of sp³-hybridized carbons (Fsp3) is 0.278. The van der Waals surface area contributed by atoms with Crippen LogP contribution >= 0.6 is 0 Å². The standard InChI is InChI=1S/C18H21N5O/c1-12-7-15(5-6-16(12)24-4)9-20-17-10-19-11-18(21-17)23-14(3)8-13(2)22-23/h5-8,10-11H,9H2,1-4H3,(H,20,21). The molecule has 6 nitrogen and oxygen atoms in total. The molecule has 1 N–H and O–H groups in total. The Morgan fingerprint density at radius 1 is 1.12 bits per heavy atom. The highest BCUT2D eigenvalue weighted by Gasteiger charge is 2.07. The summed E-state index contributed by atoms with van der Waals surface area (Å²) in [5.41, 5.74) is 4.26. The molecule has 0 amide bonds. The average Bonchev–Trinajstić information content (AvgIpc) is 2.92. The maximum Gasteiger partial charge on any atom is 0.174 e. The minimum absolute atomic E-state index is 0.667. The van der Waals surface area contributed by atoms with Crippen molar-refractivity contribution >= 4 is 5.82 Å². The first-order chi connectivity index (χ1) is 11.6. The Kier molecular flexibility index (Phi) is 4.46. The summed E-state index contributed by atoms with van der Waals surface area (Å²) in [6, 6.07) is 8.13. The van der Waals surface area contributed by atoms with Crippen LogP contribution in [0.1, 0.15) is 22.5 Å². The van der Waals surface area contributed by atoms with Crippen molar-refractivity contribution in [2.24, 2.45) is 0 Å². The quantitative estimate of drug-likeness (QED) is 0.781. The Hall–Kier alpha value is -2.89. The molecule has 124 valence electrons. The minimum atomic E-state index is 0.667. The van der Waals surface area contributed by atoms with Crippen molar-refractivity contribution in [1.82, 2.24) is 19.7 Å². The van der Waals surface area contributed by atoms with Crippen molar-refractivity contribution < 1.29 is 4.74 Å². The van der Waals surface area contributed by atoms with E-state index in [9.17, 15) is 0 Å². The molecule has 0 saturated carbocycles. The van der Waals surface area contributed by atoms with Gasteiger partial charge in [0.15, 0.2) is 5.82 Å². The topological polar surface area (TPSA) is 64.9 Å². The minimum Gasteiger partial charge on any atom is -0.496 e. The van der Waals surface area contributed by atoms with E-state index >= 15 is 0 Å². The highest BCUT2D eigenvalue weighted by Crippen LogP contribution is 2.19. The lowest BCUT2D eigenvalue weighted by Gasteiger charge is -2.10. The maximum absolute atomic E-state index is 5.29. The van der Waals surface area contributed by atoms with Gasteiger partial charge in [0, 0.05) is 12.2 Å². The van der Waals surface area contributed by atoms with Gasteiger partial charge >= 0.3 is 0 Å². The van der Waals surface area contributed by atoms with Crippen LogP contribution in [-0.4, -0.2) is 26.9 Å². The second-order valence-electron chi connectivity index (χ2n) is 5.76. The number of methoxy groups -OCH3 is 1. The first-order valence-corrected chi connectivity index (χ1v) is 7.80. The second-order valence-corrected chi connectivity index (χ2v) is 5.76. The summed E-state index contributed by atoms with van der Waals surface area (Å²) in [5.74, 6) is 2.31. The van der Waals surface area contributed by atoms with Crippen LogP contribution in [0.15, 0.2) is 36.7 Å². The third-order valence-electron chi connectivity index (χ3n) is 3.78. The molecule has 2 heterocycles. The molecule has 0 radical (unpaired) electrons. The van der Waals surface area contributed by atoms with Crippen molar-refractivity contribution in [3.8, 4) is 11.6 Å². The van der Waals surface area contributed by atoms with Gasteiger partial charge < -0.3 is 10.1 Å². The lowest BCUT2D eigenvalue weighted by atomic mass is 10.1. The largest absolute Gasteiger partial charge is 0.496 e. The molecule has 24 heavy (non-hydrogen) atoms. The number of hydrogen-bond donors (Lipinski definition) is 1. The molecule has 0 fully saturated rings. The molecule has 0 aliphatic rings. The normalized spacial score (nSPS) is 10.7. The van der Waals surface area contributed by atoms with E-state index in [0.29, 0.717) is 18.2 Å². The molecule has 0 aliphatic carbocycles. The number of benzene rings is 1. The fourth-order valence-electron chi connectivity index (χ4n) is 2.65. The number of anilines is 1. The predicted octanol–water partition coefficient (Wildman–Crippen LogP) is 3.21. The van der Waals surface area contributed by atoms with E-state index in [1.807, 2.05) is 39.0 Å². The van der Waals surface area contributed by atoms with Gasteiger partial charge in [-0.15, -0.1) is 0 Å². The van der Waals surface area contributed by atoms with Gasteiger partial charge in [-0.05, 0) is 44.0 Å². The van der Waals surface area contributed by atoms with Crippen LogP contribution in [-0.2, 0) is 6.54 Å². The van der Waals surface area contributed by atoms with Gasteiger partial charge in [0.05, 0.1) is 25.2 Å². The van der Waals surface area contributed by atoms with Crippen LogP contribution in [0, 0.1) is 20.8 Å². The zero-order chi connectivity index (χ0) is 17.1. The van der Waals surface area contributed by atoms with Crippen LogP contribution < -0.4 is 10.1 Å². The van der Waals surface area contributed by atoms with Crippen molar-refractivity contribution in [2.75, 3.05) is 12.4 Å². The van der Waals surface area contributed by atoms with Gasteiger partial charge in [0.25, 0.3) is 0 Å². The molecule has 2 aromatic heterocycles. The number of rotatable bonds is 5. The number of nitrogens with one attached hydrogen (secondary N) is 1. The zero-order valence-electron chi connectivity index (χ0n) is 14.4. The number of aromatic nitrogens is 4. The Labute approximate surface area is 141 Å². The second kappa shape index (κ2) is 6.70. The van der Waals surface area contributed by atoms with E-state index in [-0.39, 0.29) is 0 Å². The van der Waals surface area contributed by atoms with Crippen molar-refractivity contribution in [3.63, 3.8) is 0 Å². The van der Waals surface area contributed by atoms with Crippen LogP contribution in [0.5, 0.6) is 5.75 Å². The highest BCUT2D eigenvalue weighted by atomic mass is 16.5. The summed E-state index contributed by atoms with van der Waals surface area (Å²) < 4.78 is 7.08. The van der Waals surface area contributed by atoms with E-state index in [0.717, 1.165) is 28.3 Å². The summed E-state index contributed by atoms with van der Waals surface area (Å²) in [7, 11) is 1.68. The number of hydrogen-bond acceptors (Lipinski definition) is 5. The molecule has 0 unspecified atom stereocenters. The van der Waals surface area contributed by atoms with Gasteiger partial charge in [0.2, 0.25) is 0 Å². The molecule has 3 rings (SSSR count). The summed E-state index contributed by atoms with van der Waals surface area (Å²) in [6.45, 7) is 6.67. The van der Waals surface area contributed by atoms with Crippen molar-refractivity contribution in [2.45, 2.75) is 27.3 Å². The molecule has 6 heteroatoms. The van der Waals surface area contributed by atoms with Crippen molar-refractivity contribution in [1.29, 1.82) is 0 Å². The number of aryl methyl sites for hydroxylation is 3. The third-order valence-corrected chi connectivity index (χ3v) is 3.78. The van der Waals surface area contributed by atoms with E-state index < -0.39 is 0 Å². The maximum atomic E-state index is 5.29. The predicted molar refractivity (Wildman–Crippen MR) is 93.7 cm³/mol. The molecule has 0 bridgehead atoms. The Morgan fingerprint density at radius 3 is 2.62 bits per heavy atom. The molecule has 0 atom stereocenters. The summed E-state index contributed by atoms with van der Waals surface area (Å²) >= 11 is 0. The van der Waals surface area contributed by atoms with E-state index in [1.54, 1.807) is 24.2 Å². The molecule has 1 aromatic carbocycles. The summed E-state index contributed by atoms with van der Waals surface area (Å²) in [4.78, 5) is 8.85. The summed E-state index contributed by atoms with van der Waals surface area (Å²) in [5, 5.41) is 7.75. The van der Waals surface area contributed by atoms with Crippen LogP contribution in [0.4, 0.5) is 5.82 Å². The van der Waals surface area contributed by atoms with Gasteiger partial charge in [-0.1, -0.05) is 12.1 Å². The fourth-order valence-corrected chi connectivity index (χ4v) is 2.65. The molecule has 3 aromatic rings. The molecule has 0 spiro atoms. The lowest BCUT2D eigenvalue weighted by Crippen LogP contribution is -2.07. The number of ether oxygens (including phenoxy) is 1. The van der Waals surface area contributed by atoms with Gasteiger partial charge in [-0.2, -0.15) is 5.10 Å². The molecule has 0 saturated heterocycles. The van der Waals surface area contributed by atoms with Crippen molar-refractivity contribution in [3.05, 3.63) is 59.2 Å². The SMILES string of the molecule is COc1ccc(CNc2cncc(-n3nc(C)cc3C)n2)cc1C. The Morgan fingerprint density at radius 2 is 1.96 bits per heavy atom. The Bertz CT molecular complexity index is 856. The monoisotopic (exact) mass is 323 g/mol. The third kappa shape index (κ3) is 3.37. The first kappa shape index (κ1) is 16.0. The summed E-state index contributed by atoms with van der Waals surface area (Å²) in [6.07, 6.45) is 3.42. The van der Waals surface area contributed by atoms with Gasteiger partial charge in [0.1, 0.15) is 11.6 Å². The first-order valence-electron chi connectivity index (χ1n) is 7.80. The van der Waals surface area contributed by atoms with E-state index in [4.69, 9.17) is 4.74 Å². The number of nitrogens with zero attached hydrogens (tertiary/aromatic N) is 4. The molecular weight excluding hydrogens is 302 g/mol. The van der Waals surface area contributed by atoms with E-state index in [1.165, 1.54) is 0 Å².